The molecule has 0 amide bonds. The number of aromatic carboxylic acids is 1. The Morgan fingerprint density at radius 1 is 1.37 bits per heavy atom. The molecule has 7 nitrogen and oxygen atoms in total. The monoisotopic (exact) mass is 287 g/mol. The zero-order valence-corrected chi connectivity index (χ0v) is 11.1. The number of esters is 1. The third-order valence-corrected chi connectivity index (χ3v) is 4.01. The van der Waals surface area contributed by atoms with Crippen LogP contribution in [0.25, 0.3) is 0 Å². The van der Waals surface area contributed by atoms with Crippen molar-refractivity contribution in [2.45, 2.75) is 12.2 Å². The van der Waals surface area contributed by atoms with E-state index in [-0.39, 0.29) is 11.3 Å². The van der Waals surface area contributed by atoms with Crippen LogP contribution >= 0.6 is 0 Å². The Kier molecular flexibility index (Phi) is 4.49. The summed E-state index contributed by atoms with van der Waals surface area (Å²) >= 11 is 0. The first kappa shape index (κ1) is 15.0. The maximum Gasteiger partial charge on any atom is 0.335 e. The van der Waals surface area contributed by atoms with Gasteiger partial charge in [-0.25, -0.2) is 13.2 Å². The molecule has 0 spiro atoms. The van der Waals surface area contributed by atoms with Crippen molar-refractivity contribution in [3.63, 3.8) is 0 Å². The largest absolute Gasteiger partial charge is 0.478 e. The fourth-order valence-electron chi connectivity index (χ4n) is 1.26. The summed E-state index contributed by atoms with van der Waals surface area (Å²) < 4.78 is 30.1. The van der Waals surface area contributed by atoms with Crippen LogP contribution in [0.15, 0.2) is 24.3 Å². The van der Waals surface area contributed by atoms with Crippen molar-refractivity contribution in [1.29, 1.82) is 0 Å². The molecule has 0 aliphatic rings. The van der Waals surface area contributed by atoms with Gasteiger partial charge in [0.25, 0.3) is 0 Å². The molecule has 0 saturated carbocycles. The van der Waals surface area contributed by atoms with E-state index in [0.717, 1.165) is 13.2 Å². The summed E-state index contributed by atoms with van der Waals surface area (Å²) in [6.07, 6.45) is 0. The SMILES string of the molecule is COC(=O)C(C)S(=O)(=O)Nc1cccc(C(=O)O)c1. The van der Waals surface area contributed by atoms with Crippen molar-refractivity contribution in [3.8, 4) is 0 Å². The van der Waals surface area contributed by atoms with Gasteiger partial charge < -0.3 is 9.84 Å². The van der Waals surface area contributed by atoms with Crippen LogP contribution in [0.4, 0.5) is 5.69 Å². The molecule has 0 aromatic heterocycles. The van der Waals surface area contributed by atoms with E-state index in [2.05, 4.69) is 9.46 Å². The van der Waals surface area contributed by atoms with Gasteiger partial charge >= 0.3 is 11.9 Å². The van der Waals surface area contributed by atoms with Crippen LogP contribution in [0, 0.1) is 0 Å². The lowest BCUT2D eigenvalue weighted by molar-refractivity contribution is -0.139. The number of carboxylic acids is 1. The number of hydrogen-bond acceptors (Lipinski definition) is 5. The van der Waals surface area contributed by atoms with Crippen molar-refractivity contribution in [2.75, 3.05) is 11.8 Å². The minimum Gasteiger partial charge on any atom is -0.478 e. The molecule has 1 atom stereocenters. The molecule has 1 aromatic carbocycles. The summed E-state index contributed by atoms with van der Waals surface area (Å²) in [7, 11) is -2.90. The van der Waals surface area contributed by atoms with Crippen LogP contribution in [-0.2, 0) is 19.6 Å². The number of hydrogen-bond donors (Lipinski definition) is 2. The molecule has 0 bridgehead atoms. The van der Waals surface area contributed by atoms with Crippen molar-refractivity contribution in [3.05, 3.63) is 29.8 Å². The zero-order valence-electron chi connectivity index (χ0n) is 10.3. The summed E-state index contributed by atoms with van der Waals surface area (Å²) in [5.74, 6) is -2.08. The first-order valence-corrected chi connectivity index (χ1v) is 6.75. The maximum absolute atomic E-state index is 11.8. The lowest BCUT2D eigenvalue weighted by atomic mass is 10.2. The number of carbonyl (C=O) groups excluding carboxylic acids is 1. The van der Waals surface area contributed by atoms with E-state index in [0.29, 0.717) is 0 Å². The van der Waals surface area contributed by atoms with Crippen molar-refractivity contribution in [2.24, 2.45) is 0 Å². The number of methoxy groups -OCH3 is 1. The quantitative estimate of drug-likeness (QED) is 0.771. The van der Waals surface area contributed by atoms with Crippen LogP contribution in [0.5, 0.6) is 0 Å². The second kappa shape index (κ2) is 5.70. The Balaban J connectivity index is 2.99. The van der Waals surface area contributed by atoms with Crippen LogP contribution < -0.4 is 4.72 Å². The van der Waals surface area contributed by atoms with Gasteiger partial charge in [-0.2, -0.15) is 0 Å². The number of ether oxygens (including phenoxy) is 1. The average Bonchev–Trinajstić information content (AvgIpc) is 2.36. The van der Waals surface area contributed by atoms with E-state index in [1.54, 1.807) is 0 Å². The van der Waals surface area contributed by atoms with Gasteiger partial charge in [0.05, 0.1) is 12.7 Å². The number of sulfonamides is 1. The Labute approximate surface area is 110 Å². The second-order valence-electron chi connectivity index (χ2n) is 3.70. The molecule has 0 aliphatic carbocycles. The maximum atomic E-state index is 11.8. The normalized spacial score (nSPS) is 12.5. The van der Waals surface area contributed by atoms with E-state index >= 15 is 0 Å². The molecule has 2 N–H and O–H groups in total. The molecule has 1 rings (SSSR count). The zero-order chi connectivity index (χ0) is 14.6. The third kappa shape index (κ3) is 3.68. The summed E-state index contributed by atoms with van der Waals surface area (Å²) in [5, 5.41) is 7.39. The van der Waals surface area contributed by atoms with Crippen LogP contribution in [-0.4, -0.2) is 37.8 Å². The number of rotatable bonds is 5. The highest BCUT2D eigenvalue weighted by molar-refractivity contribution is 7.94. The Morgan fingerprint density at radius 2 is 2.00 bits per heavy atom. The number of nitrogens with one attached hydrogen (secondary N) is 1. The minimum absolute atomic E-state index is 0.0640. The van der Waals surface area contributed by atoms with Crippen molar-refractivity contribution < 1.29 is 27.9 Å². The highest BCUT2D eigenvalue weighted by Gasteiger charge is 2.28. The number of anilines is 1. The fraction of sp³-hybridized carbons (Fsp3) is 0.273. The van der Waals surface area contributed by atoms with Gasteiger partial charge in [0.1, 0.15) is 0 Å². The van der Waals surface area contributed by atoms with E-state index in [1.165, 1.54) is 25.1 Å². The molecular formula is C11H13NO6S. The lowest BCUT2D eigenvalue weighted by Crippen LogP contribution is -2.33. The summed E-state index contributed by atoms with van der Waals surface area (Å²) in [6.45, 7) is 1.18. The molecular weight excluding hydrogens is 274 g/mol. The van der Waals surface area contributed by atoms with E-state index in [9.17, 15) is 18.0 Å². The number of carboxylic acid groups (broad SMARTS) is 1. The predicted molar refractivity (Wildman–Crippen MR) is 67.4 cm³/mol. The minimum atomic E-state index is -3.98. The van der Waals surface area contributed by atoms with Gasteiger partial charge in [-0.15, -0.1) is 0 Å². The molecule has 1 unspecified atom stereocenters. The van der Waals surface area contributed by atoms with Gasteiger partial charge in [0.15, 0.2) is 5.25 Å². The summed E-state index contributed by atoms with van der Waals surface area (Å²) in [4.78, 5) is 21.9. The van der Waals surface area contributed by atoms with Gasteiger partial charge in [-0.05, 0) is 25.1 Å². The average molecular weight is 287 g/mol. The smallest absolute Gasteiger partial charge is 0.335 e. The van der Waals surface area contributed by atoms with Crippen molar-refractivity contribution >= 4 is 27.6 Å². The molecule has 104 valence electrons. The Morgan fingerprint density at radius 3 is 2.53 bits per heavy atom. The highest BCUT2D eigenvalue weighted by Crippen LogP contribution is 2.15. The van der Waals surface area contributed by atoms with Gasteiger partial charge in [0.2, 0.25) is 10.0 Å². The topological polar surface area (TPSA) is 110 Å². The molecule has 0 aliphatic heterocycles. The standard InChI is InChI=1S/C11H13NO6S/c1-7(11(15)18-2)19(16,17)12-9-5-3-4-8(6-9)10(13)14/h3-7,12H,1-2H3,(H,13,14). The van der Waals surface area contributed by atoms with Gasteiger partial charge in [-0.3, -0.25) is 9.52 Å². The molecule has 0 heterocycles. The third-order valence-electron chi connectivity index (χ3n) is 2.37. The fourth-order valence-corrected chi connectivity index (χ4v) is 2.24. The van der Waals surface area contributed by atoms with E-state index in [4.69, 9.17) is 5.11 Å². The van der Waals surface area contributed by atoms with Crippen LogP contribution in [0.3, 0.4) is 0 Å². The van der Waals surface area contributed by atoms with Gasteiger partial charge in [-0.1, -0.05) is 6.07 Å². The van der Waals surface area contributed by atoms with E-state index in [1.807, 2.05) is 0 Å². The second-order valence-corrected chi connectivity index (χ2v) is 5.70. The molecule has 8 heteroatoms. The first-order valence-electron chi connectivity index (χ1n) is 5.20. The predicted octanol–water partition coefficient (Wildman–Crippen LogP) is 0.688. The lowest BCUT2D eigenvalue weighted by Gasteiger charge is -2.13. The van der Waals surface area contributed by atoms with Crippen molar-refractivity contribution in [1.82, 2.24) is 0 Å². The molecule has 0 saturated heterocycles. The van der Waals surface area contributed by atoms with E-state index < -0.39 is 27.2 Å². The highest BCUT2D eigenvalue weighted by atomic mass is 32.2. The van der Waals surface area contributed by atoms with Gasteiger partial charge in [0, 0.05) is 5.69 Å². The molecule has 19 heavy (non-hydrogen) atoms. The molecule has 0 fully saturated rings. The molecule has 0 radical (unpaired) electrons. The van der Waals surface area contributed by atoms with Crippen LogP contribution in [0.1, 0.15) is 17.3 Å². The number of carbonyl (C=O) groups is 2. The molecule has 1 aromatic rings. The van der Waals surface area contributed by atoms with Crippen LogP contribution in [0.2, 0.25) is 0 Å². The summed E-state index contributed by atoms with van der Waals surface area (Å²) in [6, 6.07) is 5.26. The first-order chi connectivity index (χ1) is 8.77. The Hall–Kier alpha value is -2.09. The summed E-state index contributed by atoms with van der Waals surface area (Å²) in [5.41, 5.74) is 0.00146. The Bertz CT molecular complexity index is 595. The number of benzene rings is 1.